The van der Waals surface area contributed by atoms with Crippen molar-refractivity contribution >= 4 is 0 Å². The molecule has 1 saturated heterocycles. The zero-order valence-corrected chi connectivity index (χ0v) is 16.3. The second-order valence-electron chi connectivity index (χ2n) is 7.70. The molecule has 1 aromatic carbocycles. The first-order valence-electron chi connectivity index (χ1n) is 10.0. The molecule has 0 saturated carbocycles. The van der Waals surface area contributed by atoms with E-state index in [1.807, 2.05) is 18.2 Å². The van der Waals surface area contributed by atoms with E-state index in [9.17, 15) is 13.2 Å². The second-order valence-corrected chi connectivity index (χ2v) is 7.70. The van der Waals surface area contributed by atoms with Crippen LogP contribution in [-0.4, -0.2) is 52.0 Å². The first kappa shape index (κ1) is 19.3. The molecule has 0 radical (unpaired) electrons. The van der Waals surface area contributed by atoms with Gasteiger partial charge in [-0.1, -0.05) is 12.1 Å². The number of alkyl halides is 3. The van der Waals surface area contributed by atoms with Crippen LogP contribution in [-0.2, 0) is 23.8 Å². The highest BCUT2D eigenvalue weighted by atomic mass is 19.4. The molecule has 0 amide bonds. The largest absolute Gasteiger partial charge is 0.435 e. The Balaban J connectivity index is 1.50. The van der Waals surface area contributed by atoms with Crippen LogP contribution >= 0.6 is 0 Å². The van der Waals surface area contributed by atoms with Crippen molar-refractivity contribution in [3.8, 4) is 17.1 Å². The maximum Gasteiger partial charge on any atom is 0.435 e. The van der Waals surface area contributed by atoms with Gasteiger partial charge < -0.3 is 4.74 Å². The maximum absolute atomic E-state index is 13.4. The van der Waals surface area contributed by atoms with Crippen LogP contribution in [0.5, 0.6) is 0 Å². The Morgan fingerprint density at radius 1 is 0.967 bits per heavy atom. The lowest BCUT2D eigenvalue weighted by Gasteiger charge is -2.32. The summed E-state index contributed by atoms with van der Waals surface area (Å²) in [4.78, 5) is 6.67. The molecular formula is C22H21F3N4O. The number of benzene rings is 1. The number of hydrogen-bond acceptors (Lipinski definition) is 4. The number of morpholine rings is 1. The van der Waals surface area contributed by atoms with Gasteiger partial charge in [-0.3, -0.25) is 9.88 Å². The fourth-order valence-electron chi connectivity index (χ4n) is 4.33. The molecule has 8 heteroatoms. The molecule has 5 nitrogen and oxygen atoms in total. The molecule has 0 bridgehead atoms. The number of fused-ring (bicyclic) bond motifs is 1. The highest BCUT2D eigenvalue weighted by molar-refractivity contribution is 5.59. The third-order valence-corrected chi connectivity index (χ3v) is 5.83. The summed E-state index contributed by atoms with van der Waals surface area (Å²) < 4.78 is 46.9. The third-order valence-electron chi connectivity index (χ3n) is 5.83. The third kappa shape index (κ3) is 3.61. The minimum Gasteiger partial charge on any atom is -0.379 e. The molecule has 0 spiro atoms. The van der Waals surface area contributed by atoms with Crippen molar-refractivity contribution in [1.29, 1.82) is 0 Å². The van der Waals surface area contributed by atoms with E-state index < -0.39 is 11.9 Å². The van der Waals surface area contributed by atoms with E-state index in [4.69, 9.17) is 4.74 Å². The van der Waals surface area contributed by atoms with E-state index in [0.29, 0.717) is 23.1 Å². The van der Waals surface area contributed by atoms with Crippen LogP contribution < -0.4 is 0 Å². The highest BCUT2D eigenvalue weighted by Crippen LogP contribution is 2.34. The Kier molecular flexibility index (Phi) is 4.83. The van der Waals surface area contributed by atoms with Gasteiger partial charge in [0, 0.05) is 25.3 Å². The molecule has 1 fully saturated rings. The summed E-state index contributed by atoms with van der Waals surface area (Å²) in [5.41, 5.74) is 2.89. The molecule has 156 valence electrons. The van der Waals surface area contributed by atoms with Crippen molar-refractivity contribution in [2.24, 2.45) is 0 Å². The van der Waals surface area contributed by atoms with Gasteiger partial charge in [-0.25, -0.2) is 4.68 Å². The van der Waals surface area contributed by atoms with E-state index >= 15 is 0 Å². The molecular weight excluding hydrogens is 393 g/mol. The Labute approximate surface area is 172 Å². The molecule has 1 atom stereocenters. The van der Waals surface area contributed by atoms with Gasteiger partial charge in [0.25, 0.3) is 0 Å². The molecule has 2 aliphatic rings. The molecule has 0 unspecified atom stereocenters. The minimum absolute atomic E-state index is 0.325. The number of nitrogens with zero attached hydrogens (tertiary/aromatic N) is 4. The predicted octanol–water partition coefficient (Wildman–Crippen LogP) is 3.75. The first-order valence-corrected chi connectivity index (χ1v) is 10.0. The van der Waals surface area contributed by atoms with Crippen LogP contribution in [0.1, 0.15) is 16.8 Å². The van der Waals surface area contributed by atoms with Crippen LogP contribution in [0.15, 0.2) is 48.7 Å². The van der Waals surface area contributed by atoms with Gasteiger partial charge in [-0.2, -0.15) is 18.3 Å². The zero-order valence-electron chi connectivity index (χ0n) is 16.3. The fraction of sp³-hybridized carbons (Fsp3) is 0.364. The van der Waals surface area contributed by atoms with E-state index in [1.54, 1.807) is 24.4 Å². The molecule has 5 rings (SSSR count). The summed E-state index contributed by atoms with van der Waals surface area (Å²) in [7, 11) is 0. The van der Waals surface area contributed by atoms with Gasteiger partial charge in [0.05, 0.1) is 30.3 Å². The summed E-state index contributed by atoms with van der Waals surface area (Å²) in [6.45, 7) is 3.34. The first-order chi connectivity index (χ1) is 14.5. The maximum atomic E-state index is 13.4. The Morgan fingerprint density at radius 2 is 1.77 bits per heavy atom. The van der Waals surface area contributed by atoms with Crippen molar-refractivity contribution in [3.05, 3.63) is 65.5 Å². The number of ether oxygens (including phenoxy) is 1. The molecule has 30 heavy (non-hydrogen) atoms. The Hall–Kier alpha value is -2.71. The highest BCUT2D eigenvalue weighted by Gasteiger charge is 2.36. The SMILES string of the molecule is FC(F)(F)c1cc(-c2ccccn2)n(-c2ccc3c(c2)C[C@@H](N2CCOCC2)C3)n1. The summed E-state index contributed by atoms with van der Waals surface area (Å²) in [6, 6.07) is 12.5. The normalized spacial score (nSPS) is 19.8. The molecule has 1 aliphatic heterocycles. The van der Waals surface area contributed by atoms with E-state index in [0.717, 1.165) is 45.2 Å². The van der Waals surface area contributed by atoms with E-state index in [-0.39, 0.29) is 0 Å². The Morgan fingerprint density at radius 3 is 2.50 bits per heavy atom. The monoisotopic (exact) mass is 414 g/mol. The number of hydrogen-bond donors (Lipinski definition) is 0. The van der Waals surface area contributed by atoms with Gasteiger partial charge in [0.15, 0.2) is 5.69 Å². The van der Waals surface area contributed by atoms with Crippen molar-refractivity contribution in [2.75, 3.05) is 26.3 Å². The topological polar surface area (TPSA) is 43.2 Å². The van der Waals surface area contributed by atoms with Crippen molar-refractivity contribution in [2.45, 2.75) is 25.1 Å². The molecule has 0 N–H and O–H groups in total. The predicted molar refractivity (Wildman–Crippen MR) is 105 cm³/mol. The summed E-state index contributed by atoms with van der Waals surface area (Å²) in [5, 5.41) is 3.89. The van der Waals surface area contributed by atoms with Gasteiger partial charge in [-0.15, -0.1) is 0 Å². The quantitative estimate of drug-likeness (QED) is 0.655. The smallest absolute Gasteiger partial charge is 0.379 e. The standard InChI is InChI=1S/C22H21F3N4O/c23-22(24,25)21-14-20(19-3-1-2-6-26-19)29(27-21)17-5-4-15-11-18(13-16(15)12-17)28-7-9-30-10-8-28/h1-6,12,14,18H,7-11,13H2/t18-/m0/s1. The summed E-state index contributed by atoms with van der Waals surface area (Å²) in [5.74, 6) is 0. The van der Waals surface area contributed by atoms with E-state index in [2.05, 4.69) is 15.0 Å². The lowest BCUT2D eigenvalue weighted by molar-refractivity contribution is -0.141. The lowest BCUT2D eigenvalue weighted by atomic mass is 10.1. The average Bonchev–Trinajstić information content (AvgIpc) is 3.39. The minimum atomic E-state index is -4.52. The molecule has 2 aromatic heterocycles. The van der Waals surface area contributed by atoms with Gasteiger partial charge in [0.1, 0.15) is 0 Å². The van der Waals surface area contributed by atoms with Crippen molar-refractivity contribution in [3.63, 3.8) is 0 Å². The van der Waals surface area contributed by atoms with Crippen molar-refractivity contribution < 1.29 is 17.9 Å². The average molecular weight is 414 g/mol. The lowest BCUT2D eigenvalue weighted by Crippen LogP contribution is -2.43. The summed E-state index contributed by atoms with van der Waals surface area (Å²) >= 11 is 0. The number of halogens is 3. The molecule has 3 aromatic rings. The number of rotatable bonds is 3. The van der Waals surface area contributed by atoms with Gasteiger partial charge in [-0.05, 0) is 54.3 Å². The second kappa shape index (κ2) is 7.52. The van der Waals surface area contributed by atoms with Crippen LogP contribution in [0, 0.1) is 0 Å². The molecule has 3 heterocycles. The zero-order chi connectivity index (χ0) is 20.7. The fourth-order valence-corrected chi connectivity index (χ4v) is 4.33. The van der Waals surface area contributed by atoms with Gasteiger partial charge in [0.2, 0.25) is 0 Å². The van der Waals surface area contributed by atoms with Crippen molar-refractivity contribution in [1.82, 2.24) is 19.7 Å². The summed E-state index contributed by atoms with van der Waals surface area (Å²) in [6.07, 6.45) is -1.12. The Bertz CT molecular complexity index is 1040. The van der Waals surface area contributed by atoms with Crippen LogP contribution in [0.3, 0.4) is 0 Å². The number of pyridine rings is 1. The van der Waals surface area contributed by atoms with Crippen LogP contribution in [0.4, 0.5) is 13.2 Å². The van der Waals surface area contributed by atoms with Gasteiger partial charge >= 0.3 is 6.18 Å². The molecule has 1 aliphatic carbocycles. The van der Waals surface area contributed by atoms with Crippen LogP contribution in [0.25, 0.3) is 17.1 Å². The number of aromatic nitrogens is 3. The van der Waals surface area contributed by atoms with E-state index in [1.165, 1.54) is 15.8 Å². The van der Waals surface area contributed by atoms with Crippen LogP contribution in [0.2, 0.25) is 0 Å².